The molecule has 0 aliphatic rings. The van der Waals surface area contributed by atoms with E-state index in [2.05, 4.69) is 21.2 Å². The second kappa shape index (κ2) is 6.41. The fraction of sp³-hybridized carbons (Fsp3) is 0.200. The molecule has 0 radical (unpaired) electrons. The van der Waals surface area contributed by atoms with Crippen LogP contribution in [0.1, 0.15) is 24.1 Å². The molecular formula is C15H13BrF3N. The molecule has 1 unspecified atom stereocenters. The summed E-state index contributed by atoms with van der Waals surface area (Å²) in [7, 11) is 0. The molecule has 1 nitrogen and oxygen atoms in total. The molecule has 1 atom stereocenters. The molecule has 20 heavy (non-hydrogen) atoms. The Morgan fingerprint density at radius 3 is 2.55 bits per heavy atom. The molecule has 0 saturated heterocycles. The van der Waals surface area contributed by atoms with Crippen LogP contribution in [0, 0.1) is 17.5 Å². The molecule has 0 aliphatic heterocycles. The Hall–Kier alpha value is -1.33. The van der Waals surface area contributed by atoms with Gasteiger partial charge in [0.05, 0.1) is 6.04 Å². The lowest BCUT2D eigenvalue weighted by atomic mass is 9.98. The van der Waals surface area contributed by atoms with Crippen LogP contribution in [-0.4, -0.2) is 6.54 Å². The third-order valence-electron chi connectivity index (χ3n) is 2.92. The molecule has 0 aromatic heterocycles. The summed E-state index contributed by atoms with van der Waals surface area (Å²) in [5.74, 6) is -2.27. The number of rotatable bonds is 4. The van der Waals surface area contributed by atoms with Crippen LogP contribution < -0.4 is 5.32 Å². The molecule has 2 aromatic carbocycles. The van der Waals surface area contributed by atoms with Crippen molar-refractivity contribution in [3.63, 3.8) is 0 Å². The van der Waals surface area contributed by atoms with E-state index < -0.39 is 23.5 Å². The van der Waals surface area contributed by atoms with E-state index in [1.54, 1.807) is 6.07 Å². The van der Waals surface area contributed by atoms with E-state index in [4.69, 9.17) is 0 Å². The molecule has 0 fully saturated rings. The predicted octanol–water partition coefficient (Wildman–Crippen LogP) is 4.57. The van der Waals surface area contributed by atoms with Crippen molar-refractivity contribution in [1.29, 1.82) is 0 Å². The third kappa shape index (κ3) is 3.22. The molecule has 0 spiro atoms. The van der Waals surface area contributed by atoms with E-state index in [1.165, 1.54) is 24.3 Å². The number of hydrogen-bond donors (Lipinski definition) is 1. The largest absolute Gasteiger partial charge is 0.306 e. The monoisotopic (exact) mass is 343 g/mol. The highest BCUT2D eigenvalue weighted by atomic mass is 79.9. The van der Waals surface area contributed by atoms with Gasteiger partial charge in [0.1, 0.15) is 5.82 Å². The van der Waals surface area contributed by atoms with Crippen molar-refractivity contribution in [3.8, 4) is 0 Å². The van der Waals surface area contributed by atoms with Crippen LogP contribution >= 0.6 is 15.9 Å². The van der Waals surface area contributed by atoms with Crippen molar-refractivity contribution in [3.05, 3.63) is 69.4 Å². The summed E-state index contributed by atoms with van der Waals surface area (Å²) in [5, 5.41) is 3.04. The molecule has 0 saturated carbocycles. The fourth-order valence-electron chi connectivity index (χ4n) is 2.10. The zero-order valence-electron chi connectivity index (χ0n) is 10.8. The van der Waals surface area contributed by atoms with Gasteiger partial charge in [0.15, 0.2) is 11.6 Å². The zero-order valence-corrected chi connectivity index (χ0v) is 12.3. The molecule has 0 bridgehead atoms. The van der Waals surface area contributed by atoms with Crippen molar-refractivity contribution >= 4 is 15.9 Å². The van der Waals surface area contributed by atoms with Crippen molar-refractivity contribution in [2.24, 2.45) is 0 Å². The van der Waals surface area contributed by atoms with Crippen LogP contribution in [-0.2, 0) is 0 Å². The third-order valence-corrected chi connectivity index (χ3v) is 3.38. The van der Waals surface area contributed by atoms with Gasteiger partial charge in [-0.2, -0.15) is 0 Å². The standard InChI is InChI=1S/C15H13BrF3N/c1-2-20-15(9-6-10(16)8-11(17)7-9)12-4-3-5-13(18)14(12)19/h3-8,15,20H,2H2,1H3. The Morgan fingerprint density at radius 2 is 1.90 bits per heavy atom. The Labute approximate surface area is 123 Å². The summed E-state index contributed by atoms with van der Waals surface area (Å²) in [6.07, 6.45) is 0. The first-order chi connectivity index (χ1) is 9.52. The summed E-state index contributed by atoms with van der Waals surface area (Å²) in [5.41, 5.74) is 0.688. The maximum atomic E-state index is 13.9. The average Bonchev–Trinajstić information content (AvgIpc) is 2.38. The molecule has 0 amide bonds. The van der Waals surface area contributed by atoms with Gasteiger partial charge < -0.3 is 5.32 Å². The zero-order chi connectivity index (χ0) is 14.7. The number of hydrogen-bond acceptors (Lipinski definition) is 1. The molecule has 1 N–H and O–H groups in total. The van der Waals surface area contributed by atoms with E-state index in [-0.39, 0.29) is 5.56 Å². The second-order valence-electron chi connectivity index (χ2n) is 4.34. The number of benzene rings is 2. The van der Waals surface area contributed by atoms with E-state index in [1.807, 2.05) is 6.92 Å². The maximum absolute atomic E-state index is 13.9. The Morgan fingerprint density at radius 1 is 1.15 bits per heavy atom. The van der Waals surface area contributed by atoms with Gasteiger partial charge in [0, 0.05) is 10.0 Å². The van der Waals surface area contributed by atoms with Crippen LogP contribution in [0.2, 0.25) is 0 Å². The summed E-state index contributed by atoms with van der Waals surface area (Å²) in [6, 6.07) is 7.68. The van der Waals surface area contributed by atoms with Gasteiger partial charge in [0.2, 0.25) is 0 Å². The second-order valence-corrected chi connectivity index (χ2v) is 5.25. The molecule has 5 heteroatoms. The van der Waals surface area contributed by atoms with E-state index in [9.17, 15) is 13.2 Å². The van der Waals surface area contributed by atoms with Crippen LogP contribution in [0.4, 0.5) is 13.2 Å². The molecule has 106 valence electrons. The summed E-state index contributed by atoms with van der Waals surface area (Å²) < 4.78 is 41.4. The lowest BCUT2D eigenvalue weighted by Gasteiger charge is -2.20. The quantitative estimate of drug-likeness (QED) is 0.857. The predicted molar refractivity (Wildman–Crippen MR) is 76.0 cm³/mol. The van der Waals surface area contributed by atoms with E-state index >= 15 is 0 Å². The minimum absolute atomic E-state index is 0.157. The van der Waals surface area contributed by atoms with Crippen molar-refractivity contribution < 1.29 is 13.2 Å². The average molecular weight is 344 g/mol. The van der Waals surface area contributed by atoms with Gasteiger partial charge in [0.25, 0.3) is 0 Å². The molecule has 2 rings (SSSR count). The Bertz CT molecular complexity index is 596. The van der Waals surface area contributed by atoms with E-state index in [0.29, 0.717) is 16.6 Å². The maximum Gasteiger partial charge on any atom is 0.163 e. The number of halogens is 4. The highest BCUT2D eigenvalue weighted by Crippen LogP contribution is 2.28. The lowest BCUT2D eigenvalue weighted by molar-refractivity contribution is 0.482. The first-order valence-electron chi connectivity index (χ1n) is 6.16. The normalized spacial score (nSPS) is 12.4. The topological polar surface area (TPSA) is 12.0 Å². The minimum Gasteiger partial charge on any atom is -0.306 e. The van der Waals surface area contributed by atoms with Crippen LogP contribution in [0.25, 0.3) is 0 Å². The first-order valence-corrected chi connectivity index (χ1v) is 6.95. The van der Waals surface area contributed by atoms with Gasteiger partial charge >= 0.3 is 0 Å². The number of nitrogens with one attached hydrogen (secondary N) is 1. The summed E-state index contributed by atoms with van der Waals surface area (Å²) >= 11 is 3.20. The van der Waals surface area contributed by atoms with E-state index in [0.717, 1.165) is 6.07 Å². The van der Waals surface area contributed by atoms with Gasteiger partial charge in [-0.15, -0.1) is 0 Å². The first kappa shape index (κ1) is 15.1. The van der Waals surface area contributed by atoms with Crippen molar-refractivity contribution in [1.82, 2.24) is 5.32 Å². The fourth-order valence-corrected chi connectivity index (χ4v) is 2.58. The van der Waals surface area contributed by atoms with Crippen LogP contribution in [0.3, 0.4) is 0 Å². The van der Waals surface area contributed by atoms with Gasteiger partial charge in [-0.1, -0.05) is 35.0 Å². The smallest absolute Gasteiger partial charge is 0.163 e. The van der Waals surface area contributed by atoms with Gasteiger partial charge in [-0.25, -0.2) is 13.2 Å². The summed E-state index contributed by atoms with van der Waals surface area (Å²) in [6.45, 7) is 2.38. The minimum atomic E-state index is -0.918. The van der Waals surface area contributed by atoms with Crippen molar-refractivity contribution in [2.45, 2.75) is 13.0 Å². The van der Waals surface area contributed by atoms with Gasteiger partial charge in [-0.3, -0.25) is 0 Å². The lowest BCUT2D eigenvalue weighted by Crippen LogP contribution is -2.23. The highest BCUT2D eigenvalue weighted by molar-refractivity contribution is 9.10. The SMILES string of the molecule is CCNC(c1cc(F)cc(Br)c1)c1cccc(F)c1F. The van der Waals surface area contributed by atoms with Crippen LogP contribution in [0.15, 0.2) is 40.9 Å². The van der Waals surface area contributed by atoms with Gasteiger partial charge in [-0.05, 0) is 36.4 Å². The Balaban J connectivity index is 2.53. The Kier molecular flexibility index (Phi) is 4.83. The highest BCUT2D eigenvalue weighted by Gasteiger charge is 2.20. The van der Waals surface area contributed by atoms with Crippen LogP contribution in [0.5, 0.6) is 0 Å². The van der Waals surface area contributed by atoms with Crippen molar-refractivity contribution in [2.75, 3.05) is 6.54 Å². The molecule has 2 aromatic rings. The summed E-state index contributed by atoms with van der Waals surface area (Å²) in [4.78, 5) is 0. The molecule has 0 heterocycles. The molecule has 0 aliphatic carbocycles. The molecular weight excluding hydrogens is 331 g/mol.